The lowest BCUT2D eigenvalue weighted by Gasteiger charge is -2.25. The molecule has 0 heterocycles. The molecule has 0 atom stereocenters. The number of aryl methyl sites for hydroxylation is 2. The highest BCUT2D eigenvalue weighted by Crippen LogP contribution is 2.31. The van der Waals surface area contributed by atoms with Crippen molar-refractivity contribution in [3.05, 3.63) is 94.0 Å². The van der Waals surface area contributed by atoms with Crippen molar-refractivity contribution in [3.8, 4) is 11.5 Å². The van der Waals surface area contributed by atoms with E-state index in [0.29, 0.717) is 24.9 Å². The summed E-state index contributed by atoms with van der Waals surface area (Å²) < 4.78 is 17.4. The average molecular weight is 475 g/mol. The third-order valence-corrected chi connectivity index (χ3v) is 6.12. The molecule has 186 valence electrons. The van der Waals surface area contributed by atoms with E-state index in [4.69, 9.17) is 14.2 Å². The molecule has 0 fully saturated rings. The third-order valence-electron chi connectivity index (χ3n) is 6.12. The Morgan fingerprint density at radius 3 is 2.17 bits per heavy atom. The van der Waals surface area contributed by atoms with Gasteiger partial charge in [0.25, 0.3) is 0 Å². The minimum atomic E-state index is -1.04. The lowest BCUT2D eigenvalue weighted by atomic mass is 9.92. The first-order valence-electron chi connectivity index (χ1n) is 12.4. The molecular weight excluding hydrogens is 436 g/mol. The number of benzene rings is 3. The number of carbonyl (C=O) groups excluding carboxylic acids is 1. The molecule has 0 saturated heterocycles. The lowest BCUT2D eigenvalue weighted by Crippen LogP contribution is -2.39. The summed E-state index contributed by atoms with van der Waals surface area (Å²) in [5.41, 5.74) is 6.10. The fourth-order valence-corrected chi connectivity index (χ4v) is 4.16. The summed E-state index contributed by atoms with van der Waals surface area (Å²) in [6.07, 6.45) is 0.817. The Bertz CT molecular complexity index is 1120. The molecule has 0 unspecified atom stereocenters. The zero-order valence-electron chi connectivity index (χ0n) is 22.1. The molecule has 0 amide bonds. The second kappa shape index (κ2) is 11.4. The summed E-state index contributed by atoms with van der Waals surface area (Å²) in [4.78, 5) is 12.2. The first-order chi connectivity index (χ1) is 16.6. The third kappa shape index (κ3) is 6.88. The maximum Gasteiger partial charge on any atom is 0.349 e. The van der Waals surface area contributed by atoms with E-state index < -0.39 is 5.60 Å². The summed E-state index contributed by atoms with van der Waals surface area (Å²) in [7, 11) is 0. The van der Waals surface area contributed by atoms with Crippen LogP contribution in [0.25, 0.3) is 0 Å². The predicted octanol–water partition coefficient (Wildman–Crippen LogP) is 7.32. The zero-order valence-corrected chi connectivity index (χ0v) is 22.1. The van der Waals surface area contributed by atoms with Gasteiger partial charge in [-0.1, -0.05) is 56.3 Å². The summed E-state index contributed by atoms with van der Waals surface area (Å²) in [5, 5.41) is 0. The summed E-state index contributed by atoms with van der Waals surface area (Å²) in [6, 6.07) is 20.8. The molecule has 4 heteroatoms. The van der Waals surface area contributed by atoms with Crippen LogP contribution in [0.15, 0.2) is 60.7 Å². The van der Waals surface area contributed by atoms with Crippen LogP contribution in [0.3, 0.4) is 0 Å². The molecule has 3 aromatic rings. The van der Waals surface area contributed by atoms with E-state index in [0.717, 1.165) is 28.9 Å². The van der Waals surface area contributed by atoms with Crippen LogP contribution in [0.4, 0.5) is 0 Å². The Balaban J connectivity index is 1.79. The molecule has 0 aliphatic heterocycles. The van der Waals surface area contributed by atoms with Gasteiger partial charge in [0, 0.05) is 0 Å². The lowest BCUT2D eigenvalue weighted by molar-refractivity contribution is -0.158. The quantitative estimate of drug-likeness (QED) is 0.289. The van der Waals surface area contributed by atoms with E-state index in [9.17, 15) is 4.79 Å². The Kier molecular flexibility index (Phi) is 8.61. The maximum absolute atomic E-state index is 12.2. The van der Waals surface area contributed by atoms with Gasteiger partial charge in [0.1, 0.15) is 18.1 Å². The largest absolute Gasteiger partial charge is 0.489 e. The second-order valence-electron chi connectivity index (χ2n) is 9.85. The van der Waals surface area contributed by atoms with Crippen molar-refractivity contribution in [2.75, 3.05) is 6.61 Å². The minimum Gasteiger partial charge on any atom is -0.489 e. The minimum absolute atomic E-state index is 0.330. The molecular formula is C31H38O4. The van der Waals surface area contributed by atoms with Crippen LogP contribution in [0.2, 0.25) is 0 Å². The fraction of sp³-hybridized carbons (Fsp3) is 0.387. The monoisotopic (exact) mass is 474 g/mol. The van der Waals surface area contributed by atoms with Gasteiger partial charge in [0.05, 0.1) is 6.61 Å². The number of esters is 1. The van der Waals surface area contributed by atoms with Crippen molar-refractivity contribution in [3.63, 3.8) is 0 Å². The molecule has 0 aliphatic carbocycles. The highest BCUT2D eigenvalue weighted by Gasteiger charge is 2.31. The smallest absolute Gasteiger partial charge is 0.349 e. The molecule has 0 spiro atoms. The van der Waals surface area contributed by atoms with Gasteiger partial charge in [-0.3, -0.25) is 0 Å². The van der Waals surface area contributed by atoms with E-state index in [-0.39, 0.29) is 5.97 Å². The van der Waals surface area contributed by atoms with Gasteiger partial charge in [-0.15, -0.1) is 0 Å². The molecule has 3 aromatic carbocycles. The molecule has 0 saturated carbocycles. The van der Waals surface area contributed by atoms with E-state index in [2.05, 4.69) is 58.0 Å². The summed E-state index contributed by atoms with van der Waals surface area (Å²) in [5.74, 6) is 1.60. The molecule has 0 N–H and O–H groups in total. The summed E-state index contributed by atoms with van der Waals surface area (Å²) >= 11 is 0. The standard InChI is InChI=1S/C31H38O4/c1-8-33-30(32)31(6,7)35-26-16-22(4)28(23(5)17-26)19-25-14-15-29(27(18-25)21(2)3)34-20-24-12-10-9-11-13-24/h9-18,21H,8,19-20H2,1-7H3. The van der Waals surface area contributed by atoms with Gasteiger partial charge >= 0.3 is 5.97 Å². The molecule has 0 radical (unpaired) electrons. The van der Waals surface area contributed by atoms with Gasteiger partial charge in [-0.25, -0.2) is 4.79 Å². The first kappa shape index (κ1) is 26.3. The SMILES string of the molecule is CCOC(=O)C(C)(C)Oc1cc(C)c(Cc2ccc(OCc3ccccc3)c(C(C)C)c2)c(C)c1. The predicted molar refractivity (Wildman–Crippen MR) is 141 cm³/mol. The van der Waals surface area contributed by atoms with Crippen LogP contribution in [0, 0.1) is 13.8 Å². The van der Waals surface area contributed by atoms with Gasteiger partial charge in [0.15, 0.2) is 5.60 Å². The zero-order chi connectivity index (χ0) is 25.6. The number of rotatable bonds is 10. The highest BCUT2D eigenvalue weighted by atomic mass is 16.6. The number of hydrogen-bond acceptors (Lipinski definition) is 4. The average Bonchev–Trinajstić information content (AvgIpc) is 2.81. The van der Waals surface area contributed by atoms with Gasteiger partial charge in [-0.05, 0) is 98.5 Å². The van der Waals surface area contributed by atoms with Crippen molar-refractivity contribution in [1.82, 2.24) is 0 Å². The van der Waals surface area contributed by atoms with Crippen molar-refractivity contribution < 1.29 is 19.0 Å². The Morgan fingerprint density at radius 1 is 0.914 bits per heavy atom. The normalized spacial score (nSPS) is 11.4. The van der Waals surface area contributed by atoms with Gasteiger partial charge in [-0.2, -0.15) is 0 Å². The van der Waals surface area contributed by atoms with Crippen LogP contribution in [0.1, 0.15) is 73.9 Å². The van der Waals surface area contributed by atoms with Crippen LogP contribution >= 0.6 is 0 Å². The summed E-state index contributed by atoms with van der Waals surface area (Å²) in [6.45, 7) is 14.7. The molecule has 0 aromatic heterocycles. The Labute approximate surface area is 210 Å². The van der Waals surface area contributed by atoms with Gasteiger partial charge in [0.2, 0.25) is 0 Å². The van der Waals surface area contributed by atoms with Crippen LogP contribution in [-0.4, -0.2) is 18.2 Å². The molecule has 0 aliphatic rings. The molecule has 4 nitrogen and oxygen atoms in total. The molecule has 35 heavy (non-hydrogen) atoms. The van der Waals surface area contributed by atoms with Crippen LogP contribution in [0.5, 0.6) is 11.5 Å². The van der Waals surface area contributed by atoms with Crippen LogP contribution in [-0.2, 0) is 22.6 Å². The highest BCUT2D eigenvalue weighted by molar-refractivity contribution is 5.79. The first-order valence-corrected chi connectivity index (χ1v) is 12.4. The van der Waals surface area contributed by atoms with Crippen molar-refractivity contribution in [2.24, 2.45) is 0 Å². The van der Waals surface area contributed by atoms with E-state index in [1.165, 1.54) is 16.7 Å². The van der Waals surface area contributed by atoms with Crippen molar-refractivity contribution in [2.45, 2.75) is 73.0 Å². The Morgan fingerprint density at radius 2 is 1.57 bits per heavy atom. The van der Waals surface area contributed by atoms with Crippen molar-refractivity contribution >= 4 is 5.97 Å². The van der Waals surface area contributed by atoms with E-state index >= 15 is 0 Å². The second-order valence-corrected chi connectivity index (χ2v) is 9.85. The van der Waals surface area contributed by atoms with Gasteiger partial charge < -0.3 is 14.2 Å². The Hall–Kier alpha value is -3.27. The number of ether oxygens (including phenoxy) is 3. The molecule has 0 bridgehead atoms. The van der Waals surface area contributed by atoms with E-state index in [1.807, 2.05) is 30.3 Å². The topological polar surface area (TPSA) is 44.8 Å². The molecule has 3 rings (SSSR count). The maximum atomic E-state index is 12.2. The van der Waals surface area contributed by atoms with E-state index in [1.54, 1.807) is 20.8 Å². The fourth-order valence-electron chi connectivity index (χ4n) is 4.16. The van der Waals surface area contributed by atoms with Crippen molar-refractivity contribution in [1.29, 1.82) is 0 Å². The number of carbonyl (C=O) groups is 1. The number of hydrogen-bond donors (Lipinski definition) is 0. The van der Waals surface area contributed by atoms with Crippen LogP contribution < -0.4 is 9.47 Å².